The molecule has 1 N–H and O–H groups in total. The van der Waals surface area contributed by atoms with Gasteiger partial charge in [-0.2, -0.15) is 0 Å². The van der Waals surface area contributed by atoms with Crippen LogP contribution in [0.2, 0.25) is 5.02 Å². The number of thiophene rings is 1. The van der Waals surface area contributed by atoms with Crippen LogP contribution in [0.25, 0.3) is 0 Å². The lowest BCUT2D eigenvalue weighted by Crippen LogP contribution is -2.11. The molecule has 1 atom stereocenters. The Balaban J connectivity index is 2.21. The zero-order valence-corrected chi connectivity index (χ0v) is 7.71. The maximum Gasteiger partial charge on any atom is 0.0561 e. The summed E-state index contributed by atoms with van der Waals surface area (Å²) in [6, 6.07) is 2.50. The van der Waals surface area contributed by atoms with Crippen LogP contribution in [0, 0.1) is 0 Å². The van der Waals surface area contributed by atoms with Gasteiger partial charge in [-0.05, 0) is 30.8 Å². The summed E-state index contributed by atoms with van der Waals surface area (Å²) in [6.07, 6.45) is 2.51. The van der Waals surface area contributed by atoms with Gasteiger partial charge >= 0.3 is 0 Å². The summed E-state index contributed by atoms with van der Waals surface area (Å²) in [4.78, 5) is 1.31. The van der Waals surface area contributed by atoms with Crippen LogP contribution in [0.3, 0.4) is 0 Å². The first kappa shape index (κ1) is 7.59. The van der Waals surface area contributed by atoms with Gasteiger partial charge in [0.05, 0.1) is 5.02 Å². The van der Waals surface area contributed by atoms with Gasteiger partial charge < -0.3 is 5.32 Å². The molecule has 11 heavy (non-hydrogen) atoms. The third-order valence-corrected chi connectivity index (χ3v) is 3.49. The van der Waals surface area contributed by atoms with Crippen molar-refractivity contribution >= 4 is 22.9 Å². The van der Waals surface area contributed by atoms with Crippen LogP contribution >= 0.6 is 22.9 Å². The molecule has 0 bridgehead atoms. The number of hydrogen-bond donors (Lipinski definition) is 1. The second-order valence-corrected chi connectivity index (χ2v) is 4.14. The second kappa shape index (κ2) is 3.13. The Bertz CT molecular complexity index is 240. The minimum absolute atomic E-state index is 0.530. The molecule has 2 rings (SSSR count). The molecule has 1 aliphatic heterocycles. The number of nitrogens with one attached hydrogen (secondary N) is 1. The zero-order valence-electron chi connectivity index (χ0n) is 6.14. The minimum Gasteiger partial charge on any atom is -0.309 e. The van der Waals surface area contributed by atoms with Crippen LogP contribution < -0.4 is 5.32 Å². The highest BCUT2D eigenvalue weighted by molar-refractivity contribution is 7.10. The van der Waals surface area contributed by atoms with Gasteiger partial charge in [0, 0.05) is 10.9 Å². The maximum absolute atomic E-state index is 5.99. The first-order chi connectivity index (χ1) is 5.38. The van der Waals surface area contributed by atoms with Crippen molar-refractivity contribution in [3.8, 4) is 0 Å². The van der Waals surface area contributed by atoms with Crippen LogP contribution in [-0.4, -0.2) is 6.54 Å². The first-order valence-corrected chi connectivity index (χ1v) is 5.10. The Morgan fingerprint density at radius 1 is 1.64 bits per heavy atom. The topological polar surface area (TPSA) is 12.0 Å². The van der Waals surface area contributed by atoms with Crippen molar-refractivity contribution in [2.45, 2.75) is 18.9 Å². The predicted octanol–water partition coefficient (Wildman–Crippen LogP) is 2.83. The highest BCUT2D eigenvalue weighted by atomic mass is 35.5. The van der Waals surface area contributed by atoms with Crippen molar-refractivity contribution < 1.29 is 0 Å². The van der Waals surface area contributed by atoms with E-state index in [2.05, 4.69) is 10.7 Å². The van der Waals surface area contributed by atoms with E-state index in [-0.39, 0.29) is 0 Å². The fourth-order valence-corrected chi connectivity index (χ4v) is 2.76. The third-order valence-electron chi connectivity index (χ3n) is 2.02. The molecule has 2 heterocycles. The van der Waals surface area contributed by atoms with E-state index in [1.54, 1.807) is 11.3 Å². The van der Waals surface area contributed by atoms with Crippen LogP contribution in [-0.2, 0) is 0 Å². The van der Waals surface area contributed by atoms with E-state index in [4.69, 9.17) is 11.6 Å². The minimum atomic E-state index is 0.530. The lowest BCUT2D eigenvalue weighted by Gasteiger charge is -2.06. The van der Waals surface area contributed by atoms with Gasteiger partial charge in [0.2, 0.25) is 0 Å². The molecular formula is C8H10ClNS. The Hall–Kier alpha value is -0.0500. The molecule has 3 heteroatoms. The molecule has 60 valence electrons. The summed E-state index contributed by atoms with van der Waals surface area (Å²) in [6.45, 7) is 1.14. The largest absolute Gasteiger partial charge is 0.309 e. The molecule has 0 aromatic carbocycles. The molecule has 0 spiro atoms. The fourth-order valence-electron chi connectivity index (χ4n) is 1.46. The molecule has 0 saturated carbocycles. The number of hydrogen-bond acceptors (Lipinski definition) is 2. The Morgan fingerprint density at radius 2 is 2.55 bits per heavy atom. The van der Waals surface area contributed by atoms with Crippen LogP contribution in [0.15, 0.2) is 11.4 Å². The second-order valence-electron chi connectivity index (χ2n) is 2.78. The monoisotopic (exact) mass is 187 g/mol. The van der Waals surface area contributed by atoms with Crippen LogP contribution in [0.1, 0.15) is 23.8 Å². The molecule has 0 aliphatic carbocycles. The van der Waals surface area contributed by atoms with Gasteiger partial charge in [-0.3, -0.25) is 0 Å². The van der Waals surface area contributed by atoms with Crippen molar-refractivity contribution in [3.63, 3.8) is 0 Å². The van der Waals surface area contributed by atoms with Gasteiger partial charge in [-0.15, -0.1) is 11.3 Å². The van der Waals surface area contributed by atoms with Crippen molar-refractivity contribution in [1.29, 1.82) is 0 Å². The van der Waals surface area contributed by atoms with E-state index in [0.29, 0.717) is 6.04 Å². The summed E-state index contributed by atoms with van der Waals surface area (Å²) in [7, 11) is 0. The van der Waals surface area contributed by atoms with Crippen molar-refractivity contribution in [2.24, 2.45) is 0 Å². The highest BCUT2D eigenvalue weighted by Crippen LogP contribution is 2.33. The number of rotatable bonds is 1. The zero-order chi connectivity index (χ0) is 7.68. The SMILES string of the molecule is Clc1ccsc1C1CCCN1. The van der Waals surface area contributed by atoms with Crippen molar-refractivity contribution in [2.75, 3.05) is 6.54 Å². The van der Waals surface area contributed by atoms with Gasteiger partial charge in [0.15, 0.2) is 0 Å². The average Bonchev–Trinajstić information content (AvgIpc) is 2.55. The van der Waals surface area contributed by atoms with Gasteiger partial charge in [-0.1, -0.05) is 11.6 Å². The first-order valence-electron chi connectivity index (χ1n) is 3.84. The summed E-state index contributed by atoms with van der Waals surface area (Å²) < 4.78 is 0. The Labute approximate surface area is 75.4 Å². The van der Waals surface area contributed by atoms with E-state index in [1.807, 2.05) is 6.07 Å². The Kier molecular flexibility index (Phi) is 2.16. The van der Waals surface area contributed by atoms with E-state index in [1.165, 1.54) is 17.7 Å². The molecule has 1 aliphatic rings. The average molecular weight is 188 g/mol. The molecule has 1 nitrogen and oxygen atoms in total. The molecule has 1 fully saturated rings. The summed E-state index contributed by atoms with van der Waals surface area (Å²) in [5.74, 6) is 0. The van der Waals surface area contributed by atoms with Crippen molar-refractivity contribution in [3.05, 3.63) is 21.3 Å². The van der Waals surface area contributed by atoms with Gasteiger partial charge in [0.1, 0.15) is 0 Å². The number of halogens is 1. The lowest BCUT2D eigenvalue weighted by molar-refractivity contribution is 0.660. The molecule has 0 radical (unpaired) electrons. The summed E-state index contributed by atoms with van der Waals surface area (Å²) in [5, 5.41) is 6.40. The quantitative estimate of drug-likeness (QED) is 0.713. The van der Waals surface area contributed by atoms with E-state index >= 15 is 0 Å². The van der Waals surface area contributed by atoms with Gasteiger partial charge in [0.25, 0.3) is 0 Å². The molecule has 0 amide bonds. The standard InChI is InChI=1S/C8H10ClNS/c9-6-3-5-11-8(6)7-2-1-4-10-7/h3,5,7,10H,1-2,4H2. The molecule has 1 unspecified atom stereocenters. The smallest absolute Gasteiger partial charge is 0.0561 e. The van der Waals surface area contributed by atoms with E-state index < -0.39 is 0 Å². The normalized spacial score (nSPS) is 24.3. The molecule has 1 aromatic heterocycles. The predicted molar refractivity (Wildman–Crippen MR) is 49.3 cm³/mol. The van der Waals surface area contributed by atoms with Gasteiger partial charge in [-0.25, -0.2) is 0 Å². The maximum atomic E-state index is 5.99. The lowest BCUT2D eigenvalue weighted by atomic mass is 10.2. The van der Waals surface area contributed by atoms with Crippen molar-refractivity contribution in [1.82, 2.24) is 5.32 Å². The van der Waals surface area contributed by atoms with Crippen LogP contribution in [0.4, 0.5) is 0 Å². The third kappa shape index (κ3) is 1.43. The van der Waals surface area contributed by atoms with Crippen LogP contribution in [0.5, 0.6) is 0 Å². The van der Waals surface area contributed by atoms with E-state index in [9.17, 15) is 0 Å². The molecule has 1 aromatic rings. The summed E-state index contributed by atoms with van der Waals surface area (Å²) >= 11 is 7.74. The molecule has 1 saturated heterocycles. The Morgan fingerprint density at radius 3 is 3.09 bits per heavy atom. The molecular weight excluding hydrogens is 178 g/mol. The fraction of sp³-hybridized carbons (Fsp3) is 0.500. The summed E-state index contributed by atoms with van der Waals surface area (Å²) in [5.41, 5.74) is 0. The van der Waals surface area contributed by atoms with E-state index in [0.717, 1.165) is 11.6 Å². The highest BCUT2D eigenvalue weighted by Gasteiger charge is 2.19.